The van der Waals surface area contributed by atoms with Crippen molar-refractivity contribution in [2.45, 2.75) is 10.4 Å². The fourth-order valence-electron chi connectivity index (χ4n) is 2.38. The summed E-state index contributed by atoms with van der Waals surface area (Å²) in [6, 6.07) is 2.49. The third-order valence-electron chi connectivity index (χ3n) is 3.67. The fourth-order valence-corrected chi connectivity index (χ4v) is 3.74. The average molecular weight is 486 g/mol. The number of urea groups is 1. The van der Waals surface area contributed by atoms with E-state index in [1.165, 1.54) is 0 Å². The van der Waals surface area contributed by atoms with Crippen LogP contribution in [0.3, 0.4) is 0 Å². The Morgan fingerprint density at radius 1 is 0.968 bits per heavy atom. The van der Waals surface area contributed by atoms with Crippen LogP contribution in [0.1, 0.15) is 10.4 Å². The second-order valence-corrected chi connectivity index (χ2v) is 8.90. The number of rotatable bonds is 4. The van der Waals surface area contributed by atoms with E-state index in [9.17, 15) is 44.3 Å². The normalized spacial score (nSPS) is 11.9. The van der Waals surface area contributed by atoms with Crippen molar-refractivity contribution in [2.75, 3.05) is 18.2 Å². The summed E-state index contributed by atoms with van der Waals surface area (Å²) in [5.41, 5.74) is -6.74. The summed E-state index contributed by atoms with van der Waals surface area (Å²) < 4.78 is 103. The van der Waals surface area contributed by atoms with E-state index in [-0.39, 0.29) is 0 Å². The molecule has 2 aromatic carbocycles. The maximum atomic E-state index is 14.3. The molecule has 0 bridgehead atoms. The maximum absolute atomic E-state index is 14.3. The van der Waals surface area contributed by atoms with Crippen molar-refractivity contribution in [3.05, 3.63) is 59.4 Å². The number of halogens is 6. The van der Waals surface area contributed by atoms with Crippen LogP contribution in [0.5, 0.6) is 0 Å². The second-order valence-electron chi connectivity index (χ2n) is 5.93. The Bertz CT molecular complexity index is 1120. The molecule has 0 unspecified atom stereocenters. The van der Waals surface area contributed by atoms with Crippen molar-refractivity contribution in [3.8, 4) is 0 Å². The lowest BCUT2D eigenvalue weighted by molar-refractivity contribution is -0.0328. The Morgan fingerprint density at radius 3 is 1.97 bits per heavy atom. The van der Waals surface area contributed by atoms with Gasteiger partial charge in [-0.3, -0.25) is 9.69 Å². The number of carbonyl (C=O) groups excluding carboxylic acids is 2. The topological polar surface area (TPSA) is 74.8 Å². The van der Waals surface area contributed by atoms with Gasteiger partial charge in [-0.1, -0.05) is 6.07 Å². The van der Waals surface area contributed by atoms with E-state index in [2.05, 4.69) is 0 Å². The number of sulfonamides is 1. The quantitative estimate of drug-likeness (QED) is 0.474. The highest BCUT2D eigenvalue weighted by molar-refractivity contribution is 8.00. The first-order chi connectivity index (χ1) is 14.1. The molecule has 0 aromatic heterocycles. The number of hydrogen-bond acceptors (Lipinski definition) is 5. The van der Waals surface area contributed by atoms with E-state index >= 15 is 0 Å². The highest BCUT2D eigenvalue weighted by Crippen LogP contribution is 2.38. The largest absolute Gasteiger partial charge is 0.446 e. The molecule has 0 N–H and O–H groups in total. The van der Waals surface area contributed by atoms with Gasteiger partial charge in [-0.15, -0.1) is 0 Å². The van der Waals surface area contributed by atoms with Crippen molar-refractivity contribution in [1.82, 2.24) is 4.31 Å². The molecule has 0 saturated carbocycles. The molecule has 2 rings (SSSR count). The summed E-state index contributed by atoms with van der Waals surface area (Å²) in [4.78, 5) is 24.9. The van der Waals surface area contributed by atoms with Gasteiger partial charge in [0.1, 0.15) is 23.0 Å². The van der Waals surface area contributed by atoms with Gasteiger partial charge >= 0.3 is 11.5 Å². The number of alkyl halides is 3. The lowest BCUT2D eigenvalue weighted by atomic mass is 10.2. The van der Waals surface area contributed by atoms with Gasteiger partial charge in [0.15, 0.2) is 0 Å². The van der Waals surface area contributed by atoms with Crippen molar-refractivity contribution in [3.63, 3.8) is 0 Å². The average Bonchev–Trinajstić information content (AvgIpc) is 2.58. The van der Waals surface area contributed by atoms with Crippen LogP contribution in [0.25, 0.3) is 0 Å². The summed E-state index contributed by atoms with van der Waals surface area (Å²) >= 11 is -0.628. The molecule has 3 amide bonds. The number of anilines is 1. The molecule has 0 spiro atoms. The van der Waals surface area contributed by atoms with E-state index < -0.39 is 77.1 Å². The Hall–Kier alpha value is -2.74. The molecule has 0 atom stereocenters. The zero-order valence-electron chi connectivity index (χ0n) is 15.6. The summed E-state index contributed by atoms with van der Waals surface area (Å²) in [6.45, 7) is 0. The molecule has 0 saturated heterocycles. The third kappa shape index (κ3) is 5.70. The Kier molecular flexibility index (Phi) is 6.95. The standard InChI is InChI=1S/C17H12F6N2O4S2/c1-24(13-7-6-9(8-12(13)20)30-17(21,22)23)16(27)25(31(2,28)29)15(26)14-10(18)4-3-5-11(14)19/h3-8H,1-2H3. The second kappa shape index (κ2) is 8.78. The highest BCUT2D eigenvalue weighted by atomic mass is 32.2. The van der Waals surface area contributed by atoms with Crippen LogP contribution in [-0.2, 0) is 10.0 Å². The number of benzene rings is 2. The smallest absolute Gasteiger partial charge is 0.293 e. The van der Waals surface area contributed by atoms with Crippen LogP contribution >= 0.6 is 11.8 Å². The highest BCUT2D eigenvalue weighted by Gasteiger charge is 2.37. The van der Waals surface area contributed by atoms with Crippen molar-refractivity contribution in [2.24, 2.45) is 0 Å². The number of nitrogens with zero attached hydrogens (tertiary/aromatic N) is 2. The van der Waals surface area contributed by atoms with Gasteiger partial charge in [-0.2, -0.15) is 17.5 Å². The van der Waals surface area contributed by atoms with Crippen LogP contribution in [0, 0.1) is 17.5 Å². The lowest BCUT2D eigenvalue weighted by Gasteiger charge is -2.25. The van der Waals surface area contributed by atoms with Gasteiger partial charge < -0.3 is 0 Å². The van der Waals surface area contributed by atoms with Crippen LogP contribution < -0.4 is 4.90 Å². The number of thioether (sulfide) groups is 1. The zero-order chi connectivity index (χ0) is 23.7. The van der Waals surface area contributed by atoms with E-state index in [1.54, 1.807) is 0 Å². The number of carbonyl (C=O) groups is 2. The van der Waals surface area contributed by atoms with E-state index in [0.29, 0.717) is 29.4 Å². The zero-order valence-corrected chi connectivity index (χ0v) is 17.2. The van der Waals surface area contributed by atoms with Gasteiger partial charge in [-0.05, 0) is 42.1 Å². The molecule has 6 nitrogen and oxygen atoms in total. The number of hydrogen-bond donors (Lipinski definition) is 0. The van der Waals surface area contributed by atoms with E-state index in [1.807, 2.05) is 0 Å². The first-order valence-electron chi connectivity index (χ1n) is 7.95. The van der Waals surface area contributed by atoms with Crippen molar-refractivity contribution < 1.29 is 44.3 Å². The predicted octanol–water partition coefficient (Wildman–Crippen LogP) is 4.37. The molecule has 0 fully saturated rings. The molecule has 0 radical (unpaired) electrons. The summed E-state index contributed by atoms with van der Waals surface area (Å²) in [5, 5.41) is 0. The van der Waals surface area contributed by atoms with Gasteiger partial charge in [0.25, 0.3) is 5.91 Å². The molecule has 14 heteroatoms. The van der Waals surface area contributed by atoms with Crippen LogP contribution in [0.15, 0.2) is 41.3 Å². The monoisotopic (exact) mass is 486 g/mol. The van der Waals surface area contributed by atoms with Gasteiger partial charge in [0, 0.05) is 11.9 Å². The Balaban J connectivity index is 2.46. The molecular formula is C17H12F6N2O4S2. The lowest BCUT2D eigenvalue weighted by Crippen LogP contribution is -2.48. The van der Waals surface area contributed by atoms with Gasteiger partial charge in [-0.25, -0.2) is 26.4 Å². The van der Waals surface area contributed by atoms with Crippen molar-refractivity contribution >= 4 is 39.4 Å². The van der Waals surface area contributed by atoms with Gasteiger partial charge in [0.2, 0.25) is 10.0 Å². The van der Waals surface area contributed by atoms with Crippen LogP contribution in [-0.4, -0.2) is 43.5 Å². The number of imide groups is 1. The molecule has 0 aliphatic heterocycles. The molecule has 0 aliphatic carbocycles. The fraction of sp³-hybridized carbons (Fsp3) is 0.176. The van der Waals surface area contributed by atoms with Crippen molar-refractivity contribution in [1.29, 1.82) is 0 Å². The minimum atomic E-state index is -4.76. The van der Waals surface area contributed by atoms with Gasteiger partial charge in [0.05, 0.1) is 11.9 Å². The van der Waals surface area contributed by atoms with Crippen LogP contribution in [0.2, 0.25) is 0 Å². The molecular weight excluding hydrogens is 474 g/mol. The maximum Gasteiger partial charge on any atom is 0.446 e. The first kappa shape index (κ1) is 24.5. The molecule has 31 heavy (non-hydrogen) atoms. The molecule has 2 aromatic rings. The summed E-state index contributed by atoms with van der Waals surface area (Å²) in [6.07, 6.45) is 0.398. The molecule has 168 valence electrons. The molecule has 0 aliphatic rings. The first-order valence-corrected chi connectivity index (χ1v) is 10.6. The minimum absolute atomic E-state index is 0.301. The minimum Gasteiger partial charge on any atom is -0.293 e. The Labute approximate surface area is 176 Å². The van der Waals surface area contributed by atoms with E-state index in [0.717, 1.165) is 25.2 Å². The third-order valence-corrected chi connectivity index (χ3v) is 5.37. The van der Waals surface area contributed by atoms with Crippen LogP contribution in [0.4, 0.5) is 36.8 Å². The SMILES string of the molecule is CN(C(=O)N(C(=O)c1c(F)cccc1F)S(C)(=O)=O)c1ccc(SC(F)(F)F)cc1F. The Morgan fingerprint density at radius 2 is 1.52 bits per heavy atom. The summed E-state index contributed by atoms with van der Waals surface area (Å²) in [5.74, 6) is -6.12. The summed E-state index contributed by atoms with van der Waals surface area (Å²) in [7, 11) is -3.94. The number of amides is 3. The molecule has 0 heterocycles. The van der Waals surface area contributed by atoms with E-state index in [4.69, 9.17) is 0 Å². The predicted molar refractivity (Wildman–Crippen MR) is 99.5 cm³/mol.